The van der Waals surface area contributed by atoms with Gasteiger partial charge in [0.25, 0.3) is 11.1 Å². The SMILES string of the molecule is Cc1ccc(-c2nc(CSc3nnc(-c4ccccc4F)o3)cs2)cc1. The van der Waals surface area contributed by atoms with E-state index in [1.54, 1.807) is 29.5 Å². The Hall–Kier alpha value is -2.51. The molecule has 7 heteroatoms. The topological polar surface area (TPSA) is 51.8 Å². The van der Waals surface area contributed by atoms with Crippen LogP contribution in [0.4, 0.5) is 4.39 Å². The van der Waals surface area contributed by atoms with Crippen molar-refractivity contribution in [2.45, 2.75) is 17.9 Å². The van der Waals surface area contributed by atoms with Gasteiger partial charge in [-0.05, 0) is 19.1 Å². The summed E-state index contributed by atoms with van der Waals surface area (Å²) >= 11 is 2.99. The first kappa shape index (κ1) is 16.9. The largest absolute Gasteiger partial charge is 0.411 e. The number of hydrogen-bond donors (Lipinski definition) is 0. The maximum absolute atomic E-state index is 13.8. The smallest absolute Gasteiger partial charge is 0.277 e. The second kappa shape index (κ2) is 7.39. The highest BCUT2D eigenvalue weighted by Gasteiger charge is 2.13. The third-order valence-corrected chi connectivity index (χ3v) is 5.50. The molecule has 0 N–H and O–H groups in total. The number of benzene rings is 2. The summed E-state index contributed by atoms with van der Waals surface area (Å²) in [4.78, 5) is 4.65. The van der Waals surface area contributed by atoms with Crippen LogP contribution in [0.1, 0.15) is 11.3 Å². The zero-order valence-corrected chi connectivity index (χ0v) is 15.5. The van der Waals surface area contributed by atoms with Crippen LogP contribution >= 0.6 is 23.1 Å². The van der Waals surface area contributed by atoms with E-state index in [1.165, 1.54) is 23.4 Å². The lowest BCUT2D eigenvalue weighted by Crippen LogP contribution is -1.82. The molecule has 2 aromatic carbocycles. The molecule has 0 amide bonds. The molecule has 0 saturated heterocycles. The van der Waals surface area contributed by atoms with Crippen molar-refractivity contribution in [2.24, 2.45) is 0 Å². The highest BCUT2D eigenvalue weighted by Crippen LogP contribution is 2.29. The van der Waals surface area contributed by atoms with Crippen LogP contribution in [-0.2, 0) is 5.75 Å². The first-order valence-corrected chi connectivity index (χ1v) is 9.78. The molecule has 2 aromatic heterocycles. The van der Waals surface area contributed by atoms with Crippen LogP contribution in [0.25, 0.3) is 22.0 Å². The minimum Gasteiger partial charge on any atom is -0.411 e. The molecule has 130 valence electrons. The molecule has 0 bridgehead atoms. The quantitative estimate of drug-likeness (QED) is 0.420. The monoisotopic (exact) mass is 383 g/mol. The number of hydrogen-bond acceptors (Lipinski definition) is 6. The van der Waals surface area contributed by atoms with Gasteiger partial charge < -0.3 is 4.42 Å². The van der Waals surface area contributed by atoms with Crippen LogP contribution in [0.2, 0.25) is 0 Å². The lowest BCUT2D eigenvalue weighted by Gasteiger charge is -1.97. The average Bonchev–Trinajstić information content (AvgIpc) is 3.30. The Labute approximate surface area is 158 Å². The first-order valence-electron chi connectivity index (χ1n) is 7.92. The molecule has 0 unspecified atom stereocenters. The Kier molecular flexibility index (Phi) is 4.81. The van der Waals surface area contributed by atoms with E-state index in [0.717, 1.165) is 16.3 Å². The molecule has 26 heavy (non-hydrogen) atoms. The average molecular weight is 383 g/mol. The van der Waals surface area contributed by atoms with Gasteiger partial charge in [-0.3, -0.25) is 0 Å². The van der Waals surface area contributed by atoms with Crippen molar-refractivity contribution in [1.82, 2.24) is 15.2 Å². The van der Waals surface area contributed by atoms with Gasteiger partial charge in [0.05, 0.1) is 11.3 Å². The number of aromatic nitrogens is 3. The molecule has 0 radical (unpaired) electrons. The van der Waals surface area contributed by atoms with Crippen LogP contribution < -0.4 is 0 Å². The van der Waals surface area contributed by atoms with Gasteiger partial charge in [-0.1, -0.05) is 53.7 Å². The molecule has 0 aliphatic rings. The fraction of sp³-hybridized carbons (Fsp3) is 0.105. The van der Waals surface area contributed by atoms with Crippen molar-refractivity contribution < 1.29 is 8.81 Å². The molecule has 0 aliphatic heterocycles. The van der Waals surface area contributed by atoms with Crippen molar-refractivity contribution >= 4 is 23.1 Å². The molecule has 4 aromatic rings. The zero-order chi connectivity index (χ0) is 17.9. The number of thiazole rings is 1. The molecule has 0 fully saturated rings. The second-order valence-electron chi connectivity index (χ2n) is 5.65. The fourth-order valence-corrected chi connectivity index (χ4v) is 3.94. The summed E-state index contributed by atoms with van der Waals surface area (Å²) in [5.41, 5.74) is 3.59. The molecule has 0 aliphatic carbocycles. The van der Waals surface area contributed by atoms with Crippen molar-refractivity contribution in [3.8, 4) is 22.0 Å². The molecule has 2 heterocycles. The molecule has 4 nitrogen and oxygen atoms in total. The van der Waals surface area contributed by atoms with Gasteiger partial charge in [0, 0.05) is 16.7 Å². The summed E-state index contributed by atoms with van der Waals surface area (Å²) in [5, 5.41) is 11.3. The lowest BCUT2D eigenvalue weighted by molar-refractivity contribution is 0.462. The Morgan fingerprint density at radius 2 is 1.88 bits per heavy atom. The van der Waals surface area contributed by atoms with E-state index < -0.39 is 0 Å². The molecule has 4 rings (SSSR count). The zero-order valence-electron chi connectivity index (χ0n) is 13.8. The van der Waals surface area contributed by atoms with Gasteiger partial charge in [-0.25, -0.2) is 9.37 Å². The maximum atomic E-state index is 13.8. The fourth-order valence-electron chi connectivity index (χ4n) is 2.35. The van der Waals surface area contributed by atoms with Gasteiger partial charge >= 0.3 is 0 Å². The summed E-state index contributed by atoms with van der Waals surface area (Å²) in [5.74, 6) is 0.417. The number of thioether (sulfide) groups is 1. The standard InChI is InChI=1S/C19H14FN3OS2/c1-12-6-8-13(9-7-12)18-21-14(10-25-18)11-26-19-23-22-17(24-19)15-4-2-3-5-16(15)20/h2-10H,11H2,1H3. The predicted molar refractivity (Wildman–Crippen MR) is 102 cm³/mol. The van der Waals surface area contributed by atoms with E-state index in [0.29, 0.717) is 16.5 Å². The van der Waals surface area contributed by atoms with Crippen LogP contribution in [0, 0.1) is 12.7 Å². The van der Waals surface area contributed by atoms with Crippen molar-refractivity contribution in [2.75, 3.05) is 0 Å². The van der Waals surface area contributed by atoms with Crippen molar-refractivity contribution in [3.05, 3.63) is 71.0 Å². The van der Waals surface area contributed by atoms with Crippen molar-refractivity contribution in [3.63, 3.8) is 0 Å². The first-order chi connectivity index (χ1) is 12.7. The van der Waals surface area contributed by atoms with Gasteiger partial charge in [0.1, 0.15) is 10.8 Å². The van der Waals surface area contributed by atoms with Crippen LogP contribution in [-0.4, -0.2) is 15.2 Å². The second-order valence-corrected chi connectivity index (χ2v) is 7.44. The number of rotatable bonds is 5. The molecule has 0 spiro atoms. The molecular weight excluding hydrogens is 369 g/mol. The number of aryl methyl sites for hydroxylation is 1. The van der Waals surface area contributed by atoms with Crippen LogP contribution in [0.15, 0.2) is 63.6 Å². The minimum atomic E-state index is -0.380. The molecule has 0 saturated carbocycles. The van der Waals surface area contributed by atoms with Crippen LogP contribution in [0.3, 0.4) is 0 Å². The normalized spacial score (nSPS) is 11.0. The highest BCUT2D eigenvalue weighted by molar-refractivity contribution is 7.98. The highest BCUT2D eigenvalue weighted by atomic mass is 32.2. The maximum Gasteiger partial charge on any atom is 0.277 e. The lowest BCUT2D eigenvalue weighted by atomic mass is 10.2. The Morgan fingerprint density at radius 3 is 2.69 bits per heavy atom. The number of halogens is 1. The summed E-state index contributed by atoms with van der Waals surface area (Å²) < 4.78 is 19.3. The van der Waals surface area contributed by atoms with Gasteiger partial charge in [0.15, 0.2) is 0 Å². The third-order valence-electron chi connectivity index (χ3n) is 3.70. The van der Waals surface area contributed by atoms with Crippen LogP contribution in [0.5, 0.6) is 0 Å². The Balaban J connectivity index is 1.44. The summed E-state index contributed by atoms with van der Waals surface area (Å²) in [6.45, 7) is 2.06. The van der Waals surface area contributed by atoms with Gasteiger partial charge in [-0.15, -0.1) is 21.5 Å². The van der Waals surface area contributed by atoms with E-state index in [9.17, 15) is 4.39 Å². The summed E-state index contributed by atoms with van der Waals surface area (Å²) in [6.07, 6.45) is 0. The minimum absolute atomic E-state index is 0.184. The van der Waals surface area contributed by atoms with E-state index in [1.807, 2.05) is 5.38 Å². The van der Waals surface area contributed by atoms with E-state index in [-0.39, 0.29) is 11.7 Å². The summed E-state index contributed by atoms with van der Waals surface area (Å²) in [7, 11) is 0. The third kappa shape index (κ3) is 3.68. The Morgan fingerprint density at radius 1 is 1.08 bits per heavy atom. The Bertz CT molecular complexity index is 1030. The number of nitrogens with zero attached hydrogens (tertiary/aromatic N) is 3. The van der Waals surface area contributed by atoms with Gasteiger partial charge in [0.2, 0.25) is 0 Å². The van der Waals surface area contributed by atoms with E-state index in [2.05, 4.69) is 46.4 Å². The predicted octanol–water partition coefficient (Wildman–Crippen LogP) is 5.60. The van der Waals surface area contributed by atoms with Crippen molar-refractivity contribution in [1.29, 1.82) is 0 Å². The van der Waals surface area contributed by atoms with E-state index >= 15 is 0 Å². The molecular formula is C19H14FN3OS2. The molecule has 0 atom stereocenters. The van der Waals surface area contributed by atoms with E-state index in [4.69, 9.17) is 4.42 Å². The summed E-state index contributed by atoms with van der Waals surface area (Å²) in [6, 6.07) is 14.6. The van der Waals surface area contributed by atoms with Gasteiger partial charge in [-0.2, -0.15) is 0 Å².